The van der Waals surface area contributed by atoms with Gasteiger partial charge in [0.05, 0.1) is 12.0 Å². The standard InChI is InChI=1S/C8H14N2O2/c11-8(6-3-9-4-6)10-5-7-1-2-12-7/h6-7,9H,1-5H2,(H,10,11). The second-order valence-corrected chi connectivity index (χ2v) is 3.38. The summed E-state index contributed by atoms with van der Waals surface area (Å²) in [4.78, 5) is 11.3. The van der Waals surface area contributed by atoms with Gasteiger partial charge >= 0.3 is 0 Å². The fourth-order valence-electron chi connectivity index (χ4n) is 1.28. The van der Waals surface area contributed by atoms with Crippen LogP contribution in [0.5, 0.6) is 0 Å². The predicted molar refractivity (Wildman–Crippen MR) is 43.7 cm³/mol. The summed E-state index contributed by atoms with van der Waals surface area (Å²) >= 11 is 0. The number of hydrogen-bond donors (Lipinski definition) is 2. The van der Waals surface area contributed by atoms with E-state index in [0.29, 0.717) is 6.54 Å². The highest BCUT2D eigenvalue weighted by molar-refractivity contribution is 5.80. The maximum absolute atomic E-state index is 11.3. The lowest BCUT2D eigenvalue weighted by molar-refractivity contribution is -0.128. The third-order valence-electron chi connectivity index (χ3n) is 2.45. The zero-order chi connectivity index (χ0) is 8.39. The van der Waals surface area contributed by atoms with Gasteiger partial charge in [0.25, 0.3) is 0 Å². The van der Waals surface area contributed by atoms with Crippen LogP contribution >= 0.6 is 0 Å². The van der Waals surface area contributed by atoms with Crippen molar-refractivity contribution in [2.75, 3.05) is 26.2 Å². The number of hydrogen-bond acceptors (Lipinski definition) is 3. The van der Waals surface area contributed by atoms with Crippen molar-refractivity contribution in [3.63, 3.8) is 0 Å². The summed E-state index contributed by atoms with van der Waals surface area (Å²) in [5, 5.41) is 5.95. The molecule has 0 aromatic rings. The van der Waals surface area contributed by atoms with Gasteiger partial charge in [0.15, 0.2) is 0 Å². The van der Waals surface area contributed by atoms with Crippen LogP contribution in [0.25, 0.3) is 0 Å². The first-order valence-electron chi connectivity index (χ1n) is 4.46. The van der Waals surface area contributed by atoms with Crippen molar-refractivity contribution in [2.24, 2.45) is 5.92 Å². The van der Waals surface area contributed by atoms with E-state index in [9.17, 15) is 4.79 Å². The van der Waals surface area contributed by atoms with Crippen molar-refractivity contribution in [3.05, 3.63) is 0 Å². The fraction of sp³-hybridized carbons (Fsp3) is 0.875. The minimum absolute atomic E-state index is 0.171. The second-order valence-electron chi connectivity index (χ2n) is 3.38. The van der Waals surface area contributed by atoms with E-state index in [0.717, 1.165) is 26.1 Å². The summed E-state index contributed by atoms with van der Waals surface area (Å²) in [6.45, 7) is 3.20. The fourth-order valence-corrected chi connectivity index (χ4v) is 1.28. The summed E-state index contributed by atoms with van der Waals surface area (Å²) in [6, 6.07) is 0. The Kier molecular flexibility index (Phi) is 2.28. The molecule has 12 heavy (non-hydrogen) atoms. The summed E-state index contributed by atoms with van der Waals surface area (Å²) in [6.07, 6.45) is 1.37. The predicted octanol–water partition coefficient (Wildman–Crippen LogP) is -0.889. The van der Waals surface area contributed by atoms with Crippen molar-refractivity contribution in [1.82, 2.24) is 10.6 Å². The van der Waals surface area contributed by atoms with Crippen molar-refractivity contribution in [2.45, 2.75) is 12.5 Å². The highest BCUT2D eigenvalue weighted by Gasteiger charge is 2.26. The van der Waals surface area contributed by atoms with E-state index < -0.39 is 0 Å². The Morgan fingerprint density at radius 1 is 1.58 bits per heavy atom. The summed E-state index contributed by atoms with van der Waals surface area (Å²) in [7, 11) is 0. The van der Waals surface area contributed by atoms with Crippen molar-refractivity contribution >= 4 is 5.91 Å². The van der Waals surface area contributed by atoms with E-state index >= 15 is 0 Å². The average molecular weight is 170 g/mol. The van der Waals surface area contributed by atoms with Gasteiger partial charge in [0.2, 0.25) is 5.91 Å². The van der Waals surface area contributed by atoms with Gasteiger partial charge in [0, 0.05) is 26.2 Å². The van der Waals surface area contributed by atoms with E-state index in [1.54, 1.807) is 0 Å². The number of rotatable bonds is 3. The lowest BCUT2D eigenvalue weighted by atomic mass is 10.0. The van der Waals surface area contributed by atoms with Crippen molar-refractivity contribution in [3.8, 4) is 0 Å². The van der Waals surface area contributed by atoms with Gasteiger partial charge in [0.1, 0.15) is 0 Å². The number of carbonyl (C=O) groups is 1. The zero-order valence-corrected chi connectivity index (χ0v) is 7.01. The molecule has 0 radical (unpaired) electrons. The Morgan fingerprint density at radius 3 is 2.75 bits per heavy atom. The van der Waals surface area contributed by atoms with Gasteiger partial charge in [-0.25, -0.2) is 0 Å². The van der Waals surface area contributed by atoms with Crippen LogP contribution in [-0.2, 0) is 9.53 Å². The van der Waals surface area contributed by atoms with E-state index in [4.69, 9.17) is 4.74 Å². The molecule has 1 unspecified atom stereocenters. The molecule has 4 nitrogen and oxygen atoms in total. The van der Waals surface area contributed by atoms with Gasteiger partial charge in [-0.3, -0.25) is 4.79 Å². The molecule has 0 aromatic carbocycles. The van der Waals surface area contributed by atoms with Crippen LogP contribution in [0.15, 0.2) is 0 Å². The van der Waals surface area contributed by atoms with E-state index in [2.05, 4.69) is 10.6 Å². The molecule has 2 heterocycles. The molecule has 0 aromatic heterocycles. The summed E-state index contributed by atoms with van der Waals surface area (Å²) < 4.78 is 5.18. The molecule has 1 amide bonds. The Balaban J connectivity index is 1.61. The quantitative estimate of drug-likeness (QED) is 0.578. The smallest absolute Gasteiger partial charge is 0.225 e. The number of carbonyl (C=O) groups excluding carboxylic acids is 1. The van der Waals surface area contributed by atoms with Gasteiger partial charge in [-0.1, -0.05) is 0 Å². The molecule has 0 saturated carbocycles. The number of amides is 1. The van der Waals surface area contributed by atoms with Crippen LogP contribution in [0.4, 0.5) is 0 Å². The molecular weight excluding hydrogens is 156 g/mol. The SMILES string of the molecule is O=C(NCC1CCO1)C1CNC1. The van der Waals surface area contributed by atoms with Crippen LogP contribution < -0.4 is 10.6 Å². The maximum atomic E-state index is 11.3. The molecular formula is C8H14N2O2. The van der Waals surface area contributed by atoms with Crippen LogP contribution in [-0.4, -0.2) is 38.3 Å². The molecule has 2 aliphatic heterocycles. The minimum Gasteiger partial charge on any atom is -0.376 e. The van der Waals surface area contributed by atoms with Crippen LogP contribution in [0.2, 0.25) is 0 Å². The Labute approximate surface area is 71.7 Å². The van der Waals surface area contributed by atoms with E-state index in [1.807, 2.05) is 0 Å². The molecule has 2 saturated heterocycles. The maximum Gasteiger partial charge on any atom is 0.225 e. The Bertz CT molecular complexity index is 176. The lowest BCUT2D eigenvalue weighted by Gasteiger charge is -2.29. The van der Waals surface area contributed by atoms with Gasteiger partial charge in [-0.05, 0) is 6.42 Å². The minimum atomic E-state index is 0.171. The van der Waals surface area contributed by atoms with E-state index in [-0.39, 0.29) is 17.9 Å². The largest absolute Gasteiger partial charge is 0.376 e. The molecule has 2 fully saturated rings. The highest BCUT2D eigenvalue weighted by Crippen LogP contribution is 2.09. The molecule has 2 aliphatic rings. The van der Waals surface area contributed by atoms with Crippen molar-refractivity contribution < 1.29 is 9.53 Å². The van der Waals surface area contributed by atoms with Crippen LogP contribution in [0.3, 0.4) is 0 Å². The molecule has 2 N–H and O–H groups in total. The lowest BCUT2D eigenvalue weighted by Crippen LogP contribution is -2.52. The molecule has 0 spiro atoms. The first-order valence-corrected chi connectivity index (χ1v) is 4.46. The third-order valence-corrected chi connectivity index (χ3v) is 2.45. The normalized spacial score (nSPS) is 28.8. The third kappa shape index (κ3) is 1.59. The number of nitrogens with one attached hydrogen (secondary N) is 2. The van der Waals surface area contributed by atoms with Gasteiger partial charge in [-0.2, -0.15) is 0 Å². The topological polar surface area (TPSA) is 50.4 Å². The first-order chi connectivity index (χ1) is 5.86. The van der Waals surface area contributed by atoms with Gasteiger partial charge in [-0.15, -0.1) is 0 Å². The number of ether oxygens (including phenoxy) is 1. The monoisotopic (exact) mass is 170 g/mol. The highest BCUT2D eigenvalue weighted by atomic mass is 16.5. The Hall–Kier alpha value is -0.610. The molecule has 1 atom stereocenters. The molecule has 0 aliphatic carbocycles. The van der Waals surface area contributed by atoms with Crippen LogP contribution in [0.1, 0.15) is 6.42 Å². The molecule has 2 rings (SSSR count). The summed E-state index contributed by atoms with van der Waals surface area (Å²) in [5.74, 6) is 0.370. The van der Waals surface area contributed by atoms with Crippen LogP contribution in [0, 0.1) is 5.92 Å². The van der Waals surface area contributed by atoms with E-state index in [1.165, 1.54) is 0 Å². The van der Waals surface area contributed by atoms with Gasteiger partial charge < -0.3 is 15.4 Å². The second kappa shape index (κ2) is 3.41. The molecule has 68 valence electrons. The Morgan fingerprint density at radius 2 is 2.33 bits per heavy atom. The molecule has 4 heteroatoms. The average Bonchev–Trinajstić information content (AvgIpc) is 1.79. The zero-order valence-electron chi connectivity index (χ0n) is 7.01. The first kappa shape index (κ1) is 8.01. The summed E-state index contributed by atoms with van der Waals surface area (Å²) in [5.41, 5.74) is 0. The molecule has 0 bridgehead atoms. The van der Waals surface area contributed by atoms with Crippen molar-refractivity contribution in [1.29, 1.82) is 0 Å².